The van der Waals surface area contributed by atoms with E-state index in [1.54, 1.807) is 0 Å². The number of halogens is 2. The molecule has 1 fully saturated rings. The molecule has 2 rings (SSSR count). The van der Waals surface area contributed by atoms with E-state index >= 15 is 0 Å². The van der Waals surface area contributed by atoms with Gasteiger partial charge in [0, 0.05) is 12.0 Å². The highest BCUT2D eigenvalue weighted by Gasteiger charge is 2.68. The molecule has 0 atom stereocenters. The van der Waals surface area contributed by atoms with Gasteiger partial charge in [0.25, 0.3) is 0 Å². The fraction of sp³-hybridized carbons (Fsp3) is 0.467. The van der Waals surface area contributed by atoms with Crippen molar-refractivity contribution in [3.8, 4) is 0 Å². The molecule has 2 N–H and O–H groups in total. The Morgan fingerprint density at radius 3 is 2.00 bits per heavy atom. The van der Waals surface area contributed by atoms with Crippen molar-refractivity contribution in [1.82, 2.24) is 0 Å². The van der Waals surface area contributed by atoms with E-state index in [9.17, 15) is 18.4 Å². The summed E-state index contributed by atoms with van der Waals surface area (Å²) >= 11 is 0. The molecule has 1 aliphatic rings. The number of carboxylic acid groups (broad SMARTS) is 1. The molecular formula is C15H17F2NO3. The number of nitrogens with one attached hydrogen (secondary N) is 1. The van der Waals surface area contributed by atoms with Gasteiger partial charge in [0.15, 0.2) is 11.6 Å². The monoisotopic (exact) mass is 297 g/mol. The molecule has 6 heteroatoms. The maximum absolute atomic E-state index is 13.3. The first-order valence-electron chi connectivity index (χ1n) is 6.53. The summed E-state index contributed by atoms with van der Waals surface area (Å²) in [6.07, 6.45) is 0. The number of hydrogen-bond acceptors (Lipinski definition) is 2. The minimum atomic E-state index is -1.43. The number of anilines is 1. The summed E-state index contributed by atoms with van der Waals surface area (Å²) in [5, 5.41) is 11.4. The minimum Gasteiger partial charge on any atom is -0.478 e. The minimum absolute atomic E-state index is 0.232. The lowest BCUT2D eigenvalue weighted by molar-refractivity contribution is -0.118. The third kappa shape index (κ3) is 2.28. The summed E-state index contributed by atoms with van der Waals surface area (Å²) in [7, 11) is 0. The summed E-state index contributed by atoms with van der Waals surface area (Å²) in [5.74, 6) is -4.61. The highest BCUT2D eigenvalue weighted by Crippen LogP contribution is 2.68. The van der Waals surface area contributed by atoms with Crippen molar-refractivity contribution in [3.05, 3.63) is 29.3 Å². The largest absolute Gasteiger partial charge is 0.478 e. The Morgan fingerprint density at radius 2 is 1.57 bits per heavy atom. The number of rotatable bonds is 3. The molecule has 0 heterocycles. The van der Waals surface area contributed by atoms with E-state index in [-0.39, 0.29) is 22.4 Å². The van der Waals surface area contributed by atoms with Crippen molar-refractivity contribution in [3.63, 3.8) is 0 Å². The van der Waals surface area contributed by atoms with Gasteiger partial charge in [-0.2, -0.15) is 0 Å². The molecule has 0 spiro atoms. The van der Waals surface area contributed by atoms with Crippen LogP contribution in [0.4, 0.5) is 14.5 Å². The van der Waals surface area contributed by atoms with Crippen LogP contribution in [0.15, 0.2) is 12.1 Å². The van der Waals surface area contributed by atoms with Crippen molar-refractivity contribution in [2.75, 3.05) is 5.32 Å². The van der Waals surface area contributed by atoms with E-state index in [0.717, 1.165) is 0 Å². The Kier molecular flexibility index (Phi) is 3.31. The maximum Gasteiger partial charge on any atom is 0.337 e. The van der Waals surface area contributed by atoms with Crippen LogP contribution in [0.3, 0.4) is 0 Å². The lowest BCUT2D eigenvalue weighted by atomic mass is 10.0. The summed E-state index contributed by atoms with van der Waals surface area (Å²) in [5.41, 5.74) is -1.18. The molecule has 0 bridgehead atoms. The first-order chi connectivity index (χ1) is 9.50. The van der Waals surface area contributed by atoms with Crippen LogP contribution in [-0.4, -0.2) is 17.0 Å². The number of carbonyl (C=O) groups excluding carboxylic acids is 1. The predicted molar refractivity (Wildman–Crippen MR) is 73.0 cm³/mol. The van der Waals surface area contributed by atoms with Crippen molar-refractivity contribution in [2.24, 2.45) is 16.7 Å². The molecule has 1 aromatic carbocycles. The van der Waals surface area contributed by atoms with Gasteiger partial charge in [-0.3, -0.25) is 4.79 Å². The topological polar surface area (TPSA) is 66.4 Å². The van der Waals surface area contributed by atoms with Crippen molar-refractivity contribution in [2.45, 2.75) is 27.7 Å². The Balaban J connectivity index is 2.31. The molecule has 0 radical (unpaired) electrons. The quantitative estimate of drug-likeness (QED) is 0.899. The van der Waals surface area contributed by atoms with Crippen LogP contribution in [-0.2, 0) is 4.79 Å². The van der Waals surface area contributed by atoms with Gasteiger partial charge in [0.2, 0.25) is 5.91 Å². The van der Waals surface area contributed by atoms with Crippen LogP contribution in [0.25, 0.3) is 0 Å². The Labute approximate surface area is 121 Å². The Hall–Kier alpha value is -1.98. The number of amides is 1. The lowest BCUT2D eigenvalue weighted by Crippen LogP contribution is -2.20. The van der Waals surface area contributed by atoms with Gasteiger partial charge in [-0.25, -0.2) is 13.6 Å². The third-order valence-electron chi connectivity index (χ3n) is 4.83. The zero-order valence-electron chi connectivity index (χ0n) is 12.3. The predicted octanol–water partition coefficient (Wildman–Crippen LogP) is 3.28. The molecule has 4 nitrogen and oxygen atoms in total. The fourth-order valence-corrected chi connectivity index (χ4v) is 2.88. The Morgan fingerprint density at radius 1 is 1.10 bits per heavy atom. The molecule has 1 aromatic rings. The van der Waals surface area contributed by atoms with Crippen molar-refractivity contribution < 1.29 is 23.5 Å². The smallest absolute Gasteiger partial charge is 0.337 e. The molecule has 21 heavy (non-hydrogen) atoms. The SMILES string of the molecule is CC1(C)C(C(=O)Nc2cc(F)c(F)cc2C(=O)O)C1(C)C. The van der Waals surface area contributed by atoms with Crippen LogP contribution in [0, 0.1) is 28.4 Å². The zero-order valence-corrected chi connectivity index (χ0v) is 12.3. The number of hydrogen-bond donors (Lipinski definition) is 2. The zero-order chi connectivity index (χ0) is 16.2. The molecule has 1 amide bonds. The molecule has 0 saturated heterocycles. The molecule has 114 valence electrons. The van der Waals surface area contributed by atoms with E-state index < -0.39 is 29.1 Å². The molecule has 1 saturated carbocycles. The molecule has 1 aliphatic carbocycles. The van der Waals surface area contributed by atoms with Crippen molar-refractivity contribution >= 4 is 17.6 Å². The van der Waals surface area contributed by atoms with Crippen LogP contribution in [0.1, 0.15) is 38.1 Å². The average Bonchev–Trinajstić information content (AvgIpc) is 2.73. The summed E-state index contributed by atoms with van der Waals surface area (Å²) in [6.45, 7) is 7.72. The van der Waals surface area contributed by atoms with Crippen molar-refractivity contribution in [1.29, 1.82) is 0 Å². The second kappa shape index (κ2) is 4.51. The van der Waals surface area contributed by atoms with Gasteiger partial charge in [-0.15, -0.1) is 0 Å². The van der Waals surface area contributed by atoms with E-state index in [0.29, 0.717) is 12.1 Å². The van der Waals surface area contributed by atoms with Gasteiger partial charge < -0.3 is 10.4 Å². The summed E-state index contributed by atoms with van der Waals surface area (Å²) in [6, 6.07) is 1.26. The highest BCUT2D eigenvalue weighted by molar-refractivity contribution is 6.02. The molecule has 0 aromatic heterocycles. The second-order valence-electron chi connectivity index (χ2n) is 6.48. The average molecular weight is 297 g/mol. The van der Waals surface area contributed by atoms with E-state index in [4.69, 9.17) is 5.11 Å². The first-order valence-corrected chi connectivity index (χ1v) is 6.53. The van der Waals surface area contributed by atoms with E-state index in [1.165, 1.54) is 0 Å². The fourth-order valence-electron chi connectivity index (χ4n) is 2.88. The number of aromatic carboxylic acids is 1. The molecule has 0 unspecified atom stereocenters. The van der Waals surface area contributed by atoms with Gasteiger partial charge in [-0.1, -0.05) is 27.7 Å². The molecular weight excluding hydrogens is 280 g/mol. The van der Waals surface area contributed by atoms with E-state index in [2.05, 4.69) is 5.32 Å². The van der Waals surface area contributed by atoms with E-state index in [1.807, 2.05) is 27.7 Å². The lowest BCUT2D eigenvalue weighted by Gasteiger charge is -2.10. The first kappa shape index (κ1) is 15.4. The van der Waals surface area contributed by atoms with Crippen LogP contribution >= 0.6 is 0 Å². The highest BCUT2D eigenvalue weighted by atomic mass is 19.2. The van der Waals surface area contributed by atoms with Gasteiger partial charge >= 0.3 is 5.97 Å². The standard InChI is InChI=1S/C15H17F2NO3/c1-14(2)11(15(14,3)4)12(19)18-10-6-9(17)8(16)5-7(10)13(20)21/h5-6,11H,1-4H3,(H,18,19)(H,20,21). The summed E-state index contributed by atoms with van der Waals surface area (Å²) < 4.78 is 26.4. The number of benzene rings is 1. The van der Waals surface area contributed by atoms with Gasteiger partial charge in [-0.05, 0) is 16.9 Å². The normalized spacial score (nSPS) is 19.1. The summed E-state index contributed by atoms with van der Waals surface area (Å²) in [4.78, 5) is 23.3. The number of carbonyl (C=O) groups is 2. The van der Waals surface area contributed by atoms with Crippen LogP contribution in [0.2, 0.25) is 0 Å². The second-order valence-corrected chi connectivity index (χ2v) is 6.48. The van der Waals surface area contributed by atoms with Crippen LogP contribution < -0.4 is 5.32 Å². The van der Waals surface area contributed by atoms with Crippen LogP contribution in [0.5, 0.6) is 0 Å². The third-order valence-corrected chi connectivity index (χ3v) is 4.83. The number of carboxylic acids is 1. The Bertz CT molecular complexity index is 624. The molecule has 0 aliphatic heterocycles. The van der Waals surface area contributed by atoms with Gasteiger partial charge in [0.1, 0.15) is 0 Å². The maximum atomic E-state index is 13.3. The van der Waals surface area contributed by atoms with Gasteiger partial charge in [0.05, 0.1) is 11.3 Å².